The molecule has 0 aliphatic carbocycles. The molecule has 1 aliphatic rings. The topological polar surface area (TPSA) is 61.2 Å². The second-order valence-electron chi connectivity index (χ2n) is 4.19. The van der Waals surface area contributed by atoms with Crippen LogP contribution in [-0.4, -0.2) is 20.7 Å². The van der Waals surface area contributed by atoms with Crippen molar-refractivity contribution >= 4 is 15.7 Å². The van der Waals surface area contributed by atoms with Gasteiger partial charge >= 0.3 is 0 Å². The van der Waals surface area contributed by atoms with Crippen molar-refractivity contribution in [2.24, 2.45) is 5.92 Å². The summed E-state index contributed by atoms with van der Waals surface area (Å²) in [4.78, 5) is 0. The highest BCUT2D eigenvalue weighted by atomic mass is 32.2. The molecule has 1 aromatic rings. The van der Waals surface area contributed by atoms with E-state index in [1.54, 1.807) is 6.07 Å². The lowest BCUT2D eigenvalue weighted by atomic mass is 10.2. The summed E-state index contributed by atoms with van der Waals surface area (Å²) in [7, 11) is -3.33. The molecule has 0 N–H and O–H groups in total. The molecular weight excluding hydrogens is 243 g/mol. The number of sulfonamides is 1. The van der Waals surface area contributed by atoms with Crippen molar-refractivity contribution in [3.05, 3.63) is 29.6 Å². The van der Waals surface area contributed by atoms with Crippen LogP contribution in [0.2, 0.25) is 0 Å². The molecule has 1 aliphatic heterocycles. The molecule has 1 unspecified atom stereocenters. The van der Waals surface area contributed by atoms with E-state index in [4.69, 9.17) is 5.26 Å². The predicted molar refractivity (Wildman–Crippen MR) is 61.4 cm³/mol. The van der Waals surface area contributed by atoms with Gasteiger partial charge in [0.25, 0.3) is 0 Å². The zero-order valence-electron chi connectivity index (χ0n) is 9.22. The van der Waals surface area contributed by atoms with Crippen molar-refractivity contribution in [3.63, 3.8) is 0 Å². The van der Waals surface area contributed by atoms with Gasteiger partial charge in [-0.1, -0.05) is 6.92 Å². The second kappa shape index (κ2) is 4.00. The number of hydrogen-bond donors (Lipinski definition) is 0. The molecular formula is C11H11FN2O2S. The number of benzene rings is 1. The number of hydrogen-bond acceptors (Lipinski definition) is 3. The van der Waals surface area contributed by atoms with E-state index < -0.39 is 15.8 Å². The maximum Gasteiger partial charge on any atom is 0.235 e. The van der Waals surface area contributed by atoms with Crippen molar-refractivity contribution in [1.82, 2.24) is 0 Å². The van der Waals surface area contributed by atoms with Gasteiger partial charge in [-0.3, -0.25) is 4.31 Å². The van der Waals surface area contributed by atoms with Crippen LogP contribution in [0.15, 0.2) is 18.2 Å². The largest absolute Gasteiger partial charge is 0.270 e. The molecule has 1 aromatic carbocycles. The predicted octanol–water partition coefficient (Wildman–Crippen LogP) is 1.48. The van der Waals surface area contributed by atoms with Gasteiger partial charge in [-0.15, -0.1) is 0 Å². The van der Waals surface area contributed by atoms with Crippen LogP contribution in [0.1, 0.15) is 12.5 Å². The Balaban J connectivity index is 2.46. The summed E-state index contributed by atoms with van der Waals surface area (Å²) in [6.07, 6.45) is 0. The third kappa shape index (κ3) is 2.11. The number of nitrogens with zero attached hydrogens (tertiary/aromatic N) is 2. The van der Waals surface area contributed by atoms with E-state index in [-0.39, 0.29) is 17.2 Å². The minimum Gasteiger partial charge on any atom is -0.270 e. The zero-order chi connectivity index (χ0) is 12.6. The van der Waals surface area contributed by atoms with Crippen LogP contribution in [0.25, 0.3) is 0 Å². The molecule has 0 bridgehead atoms. The monoisotopic (exact) mass is 254 g/mol. The van der Waals surface area contributed by atoms with E-state index in [1.165, 1.54) is 16.4 Å². The summed E-state index contributed by atoms with van der Waals surface area (Å²) in [5.74, 6) is -0.511. The fourth-order valence-electron chi connectivity index (χ4n) is 1.92. The smallest absolute Gasteiger partial charge is 0.235 e. The number of nitriles is 1. The highest BCUT2D eigenvalue weighted by Gasteiger charge is 2.33. The number of rotatable bonds is 1. The minimum absolute atomic E-state index is 0.0376. The molecule has 0 radical (unpaired) electrons. The molecule has 17 heavy (non-hydrogen) atoms. The Kier molecular flexibility index (Phi) is 2.79. The summed E-state index contributed by atoms with van der Waals surface area (Å²) in [6, 6.07) is 5.47. The fraction of sp³-hybridized carbons (Fsp3) is 0.364. The van der Waals surface area contributed by atoms with Crippen LogP contribution in [0, 0.1) is 23.1 Å². The number of halogens is 1. The normalized spacial score (nSPS) is 22.4. The molecule has 1 saturated heterocycles. The average molecular weight is 254 g/mol. The molecule has 1 atom stereocenters. The first kappa shape index (κ1) is 11.9. The van der Waals surface area contributed by atoms with Gasteiger partial charge in [-0.25, -0.2) is 12.8 Å². The zero-order valence-corrected chi connectivity index (χ0v) is 10.0. The molecule has 0 saturated carbocycles. The Labute approximate surface area is 99.3 Å². The van der Waals surface area contributed by atoms with E-state index in [2.05, 4.69) is 0 Å². The van der Waals surface area contributed by atoms with Crippen molar-refractivity contribution in [1.29, 1.82) is 5.26 Å². The van der Waals surface area contributed by atoms with Crippen molar-refractivity contribution < 1.29 is 12.8 Å². The lowest BCUT2D eigenvalue weighted by Gasteiger charge is -2.17. The molecule has 0 spiro atoms. The Bertz CT molecular complexity index is 592. The van der Waals surface area contributed by atoms with Gasteiger partial charge in [0.05, 0.1) is 17.0 Å². The van der Waals surface area contributed by atoms with E-state index in [0.29, 0.717) is 12.2 Å². The summed E-state index contributed by atoms with van der Waals surface area (Å²) < 4.78 is 38.0. The van der Waals surface area contributed by atoms with Gasteiger partial charge < -0.3 is 0 Å². The van der Waals surface area contributed by atoms with E-state index in [9.17, 15) is 12.8 Å². The van der Waals surface area contributed by atoms with Crippen LogP contribution in [-0.2, 0) is 10.0 Å². The molecule has 0 amide bonds. The Morgan fingerprint density at radius 3 is 2.76 bits per heavy atom. The molecule has 90 valence electrons. The van der Waals surface area contributed by atoms with Crippen molar-refractivity contribution in [3.8, 4) is 6.07 Å². The number of anilines is 1. The van der Waals surface area contributed by atoms with E-state index in [0.717, 1.165) is 6.07 Å². The minimum atomic E-state index is -3.33. The third-order valence-electron chi connectivity index (χ3n) is 2.67. The fourth-order valence-corrected chi connectivity index (χ4v) is 3.84. The first-order valence-electron chi connectivity index (χ1n) is 5.14. The van der Waals surface area contributed by atoms with Crippen LogP contribution in [0.3, 0.4) is 0 Å². The standard InChI is InChI=1S/C11H11FN2O2S/c1-8-6-14(17(15,16)7-8)10-2-3-11(12)9(4-10)5-13/h2-4,8H,6-7H2,1H3. The Morgan fingerprint density at radius 1 is 1.53 bits per heavy atom. The van der Waals surface area contributed by atoms with E-state index >= 15 is 0 Å². The van der Waals surface area contributed by atoms with Crippen molar-refractivity contribution in [2.45, 2.75) is 6.92 Å². The summed E-state index contributed by atoms with van der Waals surface area (Å²) in [6.45, 7) is 2.21. The molecule has 1 heterocycles. The van der Waals surface area contributed by atoms with Crippen LogP contribution >= 0.6 is 0 Å². The molecule has 4 nitrogen and oxygen atoms in total. The highest BCUT2D eigenvalue weighted by molar-refractivity contribution is 7.93. The summed E-state index contributed by atoms with van der Waals surface area (Å²) >= 11 is 0. The lowest BCUT2D eigenvalue weighted by molar-refractivity contribution is 0.597. The third-order valence-corrected chi connectivity index (χ3v) is 4.69. The van der Waals surface area contributed by atoms with Crippen molar-refractivity contribution in [2.75, 3.05) is 16.6 Å². The molecule has 6 heteroatoms. The average Bonchev–Trinajstić information content (AvgIpc) is 2.53. The summed E-state index contributed by atoms with van der Waals surface area (Å²) in [5.41, 5.74) is 0.213. The molecule has 0 aromatic heterocycles. The summed E-state index contributed by atoms with van der Waals surface area (Å²) in [5, 5.41) is 8.71. The maximum absolute atomic E-state index is 13.1. The molecule has 1 fully saturated rings. The SMILES string of the molecule is CC1CN(c2ccc(F)c(C#N)c2)S(=O)(=O)C1. The molecule has 2 rings (SSSR count). The van der Waals surface area contributed by atoms with Gasteiger partial charge in [-0.2, -0.15) is 5.26 Å². The van der Waals surface area contributed by atoms with Gasteiger partial charge in [0.15, 0.2) is 0 Å². The van der Waals surface area contributed by atoms with E-state index in [1.807, 2.05) is 6.92 Å². The van der Waals surface area contributed by atoms with Crippen LogP contribution in [0.5, 0.6) is 0 Å². The van der Waals surface area contributed by atoms with Crippen LogP contribution in [0.4, 0.5) is 10.1 Å². The van der Waals surface area contributed by atoms with Gasteiger partial charge in [0, 0.05) is 6.54 Å². The van der Waals surface area contributed by atoms with Gasteiger partial charge in [0.1, 0.15) is 11.9 Å². The maximum atomic E-state index is 13.1. The highest BCUT2D eigenvalue weighted by Crippen LogP contribution is 2.28. The second-order valence-corrected chi connectivity index (χ2v) is 6.13. The Morgan fingerprint density at radius 2 is 2.24 bits per heavy atom. The van der Waals surface area contributed by atoms with Gasteiger partial charge in [0.2, 0.25) is 10.0 Å². The van der Waals surface area contributed by atoms with Gasteiger partial charge in [-0.05, 0) is 24.1 Å². The van der Waals surface area contributed by atoms with Crippen LogP contribution < -0.4 is 4.31 Å². The first-order valence-corrected chi connectivity index (χ1v) is 6.75. The quantitative estimate of drug-likeness (QED) is 0.762. The first-order chi connectivity index (χ1) is 7.94. The lowest BCUT2D eigenvalue weighted by Crippen LogP contribution is -2.25. The Hall–Kier alpha value is -1.61.